The molecule has 0 amide bonds. The van der Waals surface area contributed by atoms with Gasteiger partial charge in [0.1, 0.15) is 12.4 Å². The molecular weight excluding hydrogens is 322 g/mol. The number of H-pyrrole nitrogens is 1. The first-order chi connectivity index (χ1) is 9.63. The number of nitrogens with zero attached hydrogens (tertiary/aromatic N) is 3. The zero-order valence-corrected chi connectivity index (χ0v) is 12.3. The van der Waals surface area contributed by atoms with Gasteiger partial charge in [-0.1, -0.05) is 22.0 Å². The Morgan fingerprint density at radius 2 is 2.15 bits per heavy atom. The van der Waals surface area contributed by atoms with Gasteiger partial charge in [-0.25, -0.2) is 4.98 Å². The van der Waals surface area contributed by atoms with E-state index in [0.29, 0.717) is 29.3 Å². The van der Waals surface area contributed by atoms with E-state index in [1.54, 1.807) is 6.07 Å². The highest BCUT2D eigenvalue weighted by atomic mass is 79.9. The number of ether oxygens (including phenoxy) is 1. The van der Waals surface area contributed by atoms with Crippen LogP contribution in [0.15, 0.2) is 28.7 Å². The SMILES string of the molecule is Cc1cc(Br)ccc1COc1cc(N)nc2n[nH]nc12. The van der Waals surface area contributed by atoms with E-state index in [-0.39, 0.29) is 0 Å². The standard InChI is InChI=1S/C13H12BrN5O/c1-7-4-9(14)3-2-8(7)6-20-10-5-11(15)16-13-12(10)17-19-18-13/h2-5H,6H2,1H3,(H3,15,16,17,18,19). The molecule has 0 bridgehead atoms. The van der Waals surface area contributed by atoms with Crippen molar-refractivity contribution in [3.05, 3.63) is 39.9 Å². The fourth-order valence-corrected chi connectivity index (χ4v) is 2.39. The van der Waals surface area contributed by atoms with E-state index in [9.17, 15) is 0 Å². The summed E-state index contributed by atoms with van der Waals surface area (Å²) >= 11 is 3.44. The van der Waals surface area contributed by atoms with Crippen LogP contribution in [0.4, 0.5) is 5.82 Å². The van der Waals surface area contributed by atoms with Crippen molar-refractivity contribution < 1.29 is 4.74 Å². The van der Waals surface area contributed by atoms with Gasteiger partial charge in [-0.2, -0.15) is 10.3 Å². The number of pyridine rings is 1. The number of aromatic nitrogens is 4. The number of aromatic amines is 1. The average molecular weight is 334 g/mol. The summed E-state index contributed by atoms with van der Waals surface area (Å²) in [6, 6.07) is 7.70. The first-order valence-corrected chi connectivity index (χ1v) is 6.77. The van der Waals surface area contributed by atoms with Gasteiger partial charge in [0, 0.05) is 10.5 Å². The second-order valence-corrected chi connectivity index (χ2v) is 5.32. The minimum Gasteiger partial charge on any atom is -0.486 e. The number of nitrogen functional groups attached to an aromatic ring is 1. The first-order valence-electron chi connectivity index (χ1n) is 5.98. The number of nitrogens with one attached hydrogen (secondary N) is 1. The average Bonchev–Trinajstić information content (AvgIpc) is 2.85. The second kappa shape index (κ2) is 5.09. The molecule has 7 heteroatoms. The van der Waals surface area contributed by atoms with E-state index in [2.05, 4.69) is 36.3 Å². The molecular formula is C13H12BrN5O. The molecule has 0 fully saturated rings. The van der Waals surface area contributed by atoms with E-state index in [1.165, 1.54) is 0 Å². The molecule has 0 aliphatic carbocycles. The van der Waals surface area contributed by atoms with Crippen LogP contribution in [0.2, 0.25) is 0 Å². The monoisotopic (exact) mass is 333 g/mol. The van der Waals surface area contributed by atoms with E-state index >= 15 is 0 Å². The quantitative estimate of drug-likeness (QED) is 0.768. The number of halogens is 1. The number of hydrogen-bond donors (Lipinski definition) is 2. The lowest BCUT2D eigenvalue weighted by Gasteiger charge is -2.09. The summed E-state index contributed by atoms with van der Waals surface area (Å²) < 4.78 is 6.85. The zero-order valence-electron chi connectivity index (χ0n) is 10.7. The van der Waals surface area contributed by atoms with Crippen LogP contribution in [0.25, 0.3) is 11.2 Å². The third-order valence-corrected chi connectivity index (χ3v) is 3.46. The highest BCUT2D eigenvalue weighted by Crippen LogP contribution is 2.25. The van der Waals surface area contributed by atoms with Gasteiger partial charge in [0.2, 0.25) is 5.65 Å². The molecule has 0 atom stereocenters. The van der Waals surface area contributed by atoms with Crippen LogP contribution in [0.1, 0.15) is 11.1 Å². The van der Waals surface area contributed by atoms with E-state index in [1.807, 2.05) is 25.1 Å². The Morgan fingerprint density at radius 3 is 2.95 bits per heavy atom. The summed E-state index contributed by atoms with van der Waals surface area (Å²) in [4.78, 5) is 4.07. The third-order valence-electron chi connectivity index (χ3n) is 2.96. The normalized spacial score (nSPS) is 10.9. The first kappa shape index (κ1) is 12.9. The van der Waals surface area contributed by atoms with Crippen molar-refractivity contribution in [1.82, 2.24) is 20.4 Å². The van der Waals surface area contributed by atoms with Gasteiger partial charge in [0.15, 0.2) is 11.3 Å². The van der Waals surface area contributed by atoms with Gasteiger partial charge < -0.3 is 10.5 Å². The highest BCUT2D eigenvalue weighted by molar-refractivity contribution is 9.10. The number of anilines is 1. The van der Waals surface area contributed by atoms with Crippen LogP contribution in [-0.4, -0.2) is 20.4 Å². The third kappa shape index (κ3) is 2.44. The molecule has 0 saturated carbocycles. The molecule has 0 aliphatic rings. The van der Waals surface area contributed by atoms with E-state index in [0.717, 1.165) is 15.6 Å². The van der Waals surface area contributed by atoms with Gasteiger partial charge >= 0.3 is 0 Å². The molecule has 0 radical (unpaired) electrons. The molecule has 0 aliphatic heterocycles. The molecule has 3 rings (SSSR count). The van der Waals surface area contributed by atoms with Crippen LogP contribution in [0.5, 0.6) is 5.75 Å². The zero-order chi connectivity index (χ0) is 14.1. The number of rotatable bonds is 3. The lowest BCUT2D eigenvalue weighted by molar-refractivity contribution is 0.308. The maximum atomic E-state index is 5.81. The summed E-state index contributed by atoms with van der Waals surface area (Å²) in [6.45, 7) is 2.47. The number of fused-ring (bicyclic) bond motifs is 1. The van der Waals surface area contributed by atoms with Crippen molar-refractivity contribution in [2.75, 3.05) is 5.73 Å². The number of aryl methyl sites for hydroxylation is 1. The van der Waals surface area contributed by atoms with Gasteiger partial charge in [-0.3, -0.25) is 0 Å². The minimum atomic E-state index is 0.355. The predicted octanol–water partition coefficient (Wildman–Crippen LogP) is 2.59. The number of benzene rings is 1. The number of nitrogens with two attached hydrogens (primary N) is 1. The lowest BCUT2D eigenvalue weighted by Crippen LogP contribution is -2.00. The molecule has 2 aromatic heterocycles. The molecule has 1 aromatic carbocycles. The van der Waals surface area contributed by atoms with Crippen LogP contribution < -0.4 is 10.5 Å². The fourth-order valence-electron chi connectivity index (χ4n) is 1.91. The Kier molecular flexibility index (Phi) is 3.27. The number of hydrogen-bond acceptors (Lipinski definition) is 5. The predicted molar refractivity (Wildman–Crippen MR) is 79.3 cm³/mol. The molecule has 2 heterocycles. The summed E-state index contributed by atoms with van der Waals surface area (Å²) in [5.74, 6) is 0.928. The molecule has 0 spiro atoms. The van der Waals surface area contributed by atoms with Gasteiger partial charge in [0.05, 0.1) is 0 Å². The maximum Gasteiger partial charge on any atom is 0.207 e. The molecule has 6 nitrogen and oxygen atoms in total. The van der Waals surface area contributed by atoms with Crippen molar-refractivity contribution in [2.24, 2.45) is 0 Å². The molecule has 3 N–H and O–H groups in total. The Labute approximate surface area is 123 Å². The van der Waals surface area contributed by atoms with Gasteiger partial charge in [-0.15, -0.1) is 5.10 Å². The topological polar surface area (TPSA) is 89.7 Å². The van der Waals surface area contributed by atoms with Crippen LogP contribution in [-0.2, 0) is 6.61 Å². The van der Waals surface area contributed by atoms with Crippen LogP contribution in [0, 0.1) is 6.92 Å². The molecule has 20 heavy (non-hydrogen) atoms. The van der Waals surface area contributed by atoms with Crippen LogP contribution >= 0.6 is 15.9 Å². The summed E-state index contributed by atoms with van der Waals surface area (Å²) in [5, 5.41) is 10.5. The molecule has 0 saturated heterocycles. The molecule has 0 unspecified atom stereocenters. The Morgan fingerprint density at radius 1 is 1.30 bits per heavy atom. The Bertz CT molecular complexity index is 771. The van der Waals surface area contributed by atoms with Crippen molar-refractivity contribution in [2.45, 2.75) is 13.5 Å². The maximum absolute atomic E-state index is 5.81. The smallest absolute Gasteiger partial charge is 0.207 e. The molecule has 102 valence electrons. The Balaban J connectivity index is 1.88. The Hall–Kier alpha value is -2.15. The van der Waals surface area contributed by atoms with Crippen molar-refractivity contribution in [3.63, 3.8) is 0 Å². The largest absolute Gasteiger partial charge is 0.486 e. The summed E-state index contributed by atoms with van der Waals surface area (Å²) in [5.41, 5.74) is 9.00. The van der Waals surface area contributed by atoms with Crippen molar-refractivity contribution in [3.8, 4) is 5.75 Å². The van der Waals surface area contributed by atoms with E-state index < -0.39 is 0 Å². The van der Waals surface area contributed by atoms with Gasteiger partial charge in [-0.05, 0) is 30.2 Å². The highest BCUT2D eigenvalue weighted by Gasteiger charge is 2.10. The van der Waals surface area contributed by atoms with E-state index in [4.69, 9.17) is 10.5 Å². The fraction of sp³-hybridized carbons (Fsp3) is 0.154. The molecule has 3 aromatic rings. The van der Waals surface area contributed by atoms with Crippen molar-refractivity contribution in [1.29, 1.82) is 0 Å². The lowest BCUT2D eigenvalue weighted by atomic mass is 10.1. The minimum absolute atomic E-state index is 0.355. The summed E-state index contributed by atoms with van der Waals surface area (Å²) in [6.07, 6.45) is 0. The van der Waals surface area contributed by atoms with Crippen molar-refractivity contribution >= 4 is 32.9 Å². The second-order valence-electron chi connectivity index (χ2n) is 4.40. The summed E-state index contributed by atoms with van der Waals surface area (Å²) in [7, 11) is 0. The van der Waals surface area contributed by atoms with Gasteiger partial charge in [0.25, 0.3) is 0 Å². The van der Waals surface area contributed by atoms with Crippen LogP contribution in [0.3, 0.4) is 0 Å².